The molecule has 0 aliphatic carbocycles. The van der Waals surface area contributed by atoms with E-state index in [0.717, 1.165) is 5.56 Å². The zero-order valence-electron chi connectivity index (χ0n) is 15.1. The quantitative estimate of drug-likeness (QED) is 0.608. The highest BCUT2D eigenvalue weighted by Gasteiger charge is 2.38. The van der Waals surface area contributed by atoms with Gasteiger partial charge in [-0.15, -0.1) is 0 Å². The highest BCUT2D eigenvalue weighted by molar-refractivity contribution is 6.74. The van der Waals surface area contributed by atoms with Gasteiger partial charge in [0.05, 0.1) is 0 Å². The largest absolute Gasteiger partial charge is 0.459 e. The number of carbonyl (C=O) groups excluding carboxylic acids is 1. The van der Waals surface area contributed by atoms with Crippen molar-refractivity contribution in [3.05, 3.63) is 35.9 Å². The minimum atomic E-state index is -1.88. The maximum atomic E-state index is 12.0. The van der Waals surface area contributed by atoms with Gasteiger partial charge >= 0.3 is 5.97 Å². The highest BCUT2D eigenvalue weighted by atomic mass is 28.4. The first-order chi connectivity index (χ1) is 10.5. The summed E-state index contributed by atoms with van der Waals surface area (Å²) < 4.78 is 11.2. The summed E-state index contributed by atoms with van der Waals surface area (Å²) in [5.74, 6) is -0.896. The molecule has 0 radical (unpaired) electrons. The van der Waals surface area contributed by atoms with Crippen molar-refractivity contribution in [3.8, 4) is 0 Å². The maximum absolute atomic E-state index is 12.0. The van der Waals surface area contributed by atoms with E-state index in [-0.39, 0.29) is 17.6 Å². The van der Waals surface area contributed by atoms with Crippen LogP contribution in [0.15, 0.2) is 30.3 Å². The van der Waals surface area contributed by atoms with E-state index in [0.29, 0.717) is 6.61 Å². The van der Waals surface area contributed by atoms with Gasteiger partial charge in [-0.2, -0.15) is 0 Å². The first-order valence-corrected chi connectivity index (χ1v) is 11.0. The minimum Gasteiger partial charge on any atom is -0.459 e. The molecule has 0 aliphatic rings. The molecular weight excluding hydrogens is 308 g/mol. The number of hydrogen-bond acceptors (Lipinski definition) is 4. The average molecular weight is 339 g/mol. The molecule has 1 aromatic rings. The summed E-state index contributed by atoms with van der Waals surface area (Å²) in [5.41, 5.74) is 0.901. The Morgan fingerprint density at radius 1 is 1.22 bits per heavy atom. The molecule has 5 heteroatoms. The lowest BCUT2D eigenvalue weighted by Crippen LogP contribution is -2.43. The Balaban J connectivity index is 2.46. The van der Waals surface area contributed by atoms with Crippen molar-refractivity contribution in [2.75, 3.05) is 6.61 Å². The predicted octanol–water partition coefficient (Wildman–Crippen LogP) is 3.75. The van der Waals surface area contributed by atoms with Crippen LogP contribution < -0.4 is 0 Å². The van der Waals surface area contributed by atoms with E-state index >= 15 is 0 Å². The maximum Gasteiger partial charge on any atom is 0.335 e. The van der Waals surface area contributed by atoms with Gasteiger partial charge in [-0.3, -0.25) is 0 Å². The van der Waals surface area contributed by atoms with Crippen LogP contribution in [-0.4, -0.2) is 32.1 Å². The van der Waals surface area contributed by atoms with Crippen LogP contribution in [0.5, 0.6) is 0 Å². The molecule has 0 saturated heterocycles. The monoisotopic (exact) mass is 338 g/mol. The molecule has 0 saturated carbocycles. The molecule has 0 bridgehead atoms. The second-order valence-electron chi connectivity index (χ2n) is 7.59. The second-order valence-corrected chi connectivity index (χ2v) is 12.4. The molecule has 23 heavy (non-hydrogen) atoms. The molecule has 0 amide bonds. The van der Waals surface area contributed by atoms with Gasteiger partial charge in [0.15, 0.2) is 14.4 Å². The summed E-state index contributed by atoms with van der Waals surface area (Å²) in [7, 11) is -1.88. The van der Waals surface area contributed by atoms with Gasteiger partial charge in [0.1, 0.15) is 6.61 Å². The SMILES string of the molecule is C[C@H](CO[Si](C)(C)C(C)(C)C)[C@@H](O)C(=O)OCc1ccccc1. The number of esters is 1. The summed E-state index contributed by atoms with van der Waals surface area (Å²) in [6, 6.07) is 9.43. The lowest BCUT2D eigenvalue weighted by atomic mass is 10.1. The van der Waals surface area contributed by atoms with Crippen LogP contribution in [-0.2, 0) is 20.6 Å². The van der Waals surface area contributed by atoms with Crippen LogP contribution in [0.4, 0.5) is 0 Å². The molecule has 0 unspecified atom stereocenters. The Morgan fingerprint density at radius 2 is 1.78 bits per heavy atom. The van der Waals surface area contributed by atoms with Crippen LogP contribution in [0, 0.1) is 5.92 Å². The zero-order chi connectivity index (χ0) is 17.7. The van der Waals surface area contributed by atoms with E-state index in [9.17, 15) is 9.90 Å². The number of rotatable bonds is 7. The first-order valence-electron chi connectivity index (χ1n) is 8.07. The normalized spacial score (nSPS) is 15.1. The second kappa shape index (κ2) is 8.08. The van der Waals surface area contributed by atoms with Crippen molar-refractivity contribution in [1.82, 2.24) is 0 Å². The molecule has 0 spiro atoms. The number of ether oxygens (including phenoxy) is 1. The Hall–Kier alpha value is -1.17. The molecule has 0 aliphatic heterocycles. The van der Waals surface area contributed by atoms with Gasteiger partial charge in [-0.25, -0.2) is 4.79 Å². The lowest BCUT2D eigenvalue weighted by Gasteiger charge is -2.37. The van der Waals surface area contributed by atoms with Crippen molar-refractivity contribution in [1.29, 1.82) is 0 Å². The average Bonchev–Trinajstić information content (AvgIpc) is 2.49. The van der Waals surface area contributed by atoms with Crippen molar-refractivity contribution in [2.24, 2.45) is 5.92 Å². The fourth-order valence-corrected chi connectivity index (χ4v) is 2.81. The van der Waals surface area contributed by atoms with Gasteiger partial charge in [0.25, 0.3) is 0 Å². The molecule has 1 rings (SSSR count). The summed E-state index contributed by atoms with van der Waals surface area (Å²) in [4.78, 5) is 12.0. The standard InChI is InChI=1S/C18H30O4Si/c1-14(12-22-23(5,6)18(2,3)4)16(19)17(20)21-13-15-10-8-7-9-11-15/h7-11,14,16,19H,12-13H2,1-6H3/t14-,16-/m1/s1. The van der Waals surface area contributed by atoms with E-state index in [1.54, 1.807) is 0 Å². The van der Waals surface area contributed by atoms with E-state index in [4.69, 9.17) is 9.16 Å². The Bertz CT molecular complexity index is 493. The van der Waals surface area contributed by atoms with Gasteiger partial charge in [0.2, 0.25) is 0 Å². The van der Waals surface area contributed by atoms with E-state index in [1.165, 1.54) is 0 Å². The van der Waals surface area contributed by atoms with Crippen LogP contribution in [0.25, 0.3) is 0 Å². The molecule has 130 valence electrons. The molecule has 4 nitrogen and oxygen atoms in total. The Kier molecular flexibility index (Phi) is 6.98. The summed E-state index contributed by atoms with van der Waals surface area (Å²) in [6.07, 6.45) is -1.16. The summed E-state index contributed by atoms with van der Waals surface area (Å²) in [6.45, 7) is 13.1. The van der Waals surface area contributed by atoms with E-state index in [1.807, 2.05) is 37.3 Å². The van der Waals surface area contributed by atoms with Crippen LogP contribution >= 0.6 is 0 Å². The number of carbonyl (C=O) groups is 1. The van der Waals surface area contributed by atoms with Crippen molar-refractivity contribution >= 4 is 14.3 Å². The van der Waals surface area contributed by atoms with Crippen LogP contribution in [0.1, 0.15) is 33.3 Å². The van der Waals surface area contributed by atoms with E-state index < -0.39 is 20.4 Å². The van der Waals surface area contributed by atoms with E-state index in [2.05, 4.69) is 33.9 Å². The topological polar surface area (TPSA) is 55.8 Å². The Labute approximate surface area is 140 Å². The molecule has 0 heterocycles. The predicted molar refractivity (Wildman–Crippen MR) is 94.6 cm³/mol. The van der Waals surface area contributed by atoms with Crippen molar-refractivity contribution in [3.63, 3.8) is 0 Å². The highest BCUT2D eigenvalue weighted by Crippen LogP contribution is 2.36. The van der Waals surface area contributed by atoms with Crippen molar-refractivity contribution < 1.29 is 19.1 Å². The van der Waals surface area contributed by atoms with Gasteiger partial charge in [-0.1, -0.05) is 58.0 Å². The lowest BCUT2D eigenvalue weighted by molar-refractivity contribution is -0.158. The third-order valence-corrected chi connectivity index (χ3v) is 9.02. The van der Waals surface area contributed by atoms with Crippen LogP contribution in [0.3, 0.4) is 0 Å². The van der Waals surface area contributed by atoms with Gasteiger partial charge in [-0.05, 0) is 23.7 Å². The van der Waals surface area contributed by atoms with Crippen molar-refractivity contribution in [2.45, 2.75) is 58.5 Å². The summed E-state index contributed by atoms with van der Waals surface area (Å²) in [5, 5.41) is 10.2. The number of benzene rings is 1. The van der Waals surface area contributed by atoms with Gasteiger partial charge in [0, 0.05) is 12.5 Å². The number of hydrogen-bond donors (Lipinski definition) is 1. The third-order valence-electron chi connectivity index (χ3n) is 4.52. The van der Waals surface area contributed by atoms with Crippen LogP contribution in [0.2, 0.25) is 18.1 Å². The molecule has 1 N–H and O–H groups in total. The first kappa shape index (κ1) is 19.9. The summed E-state index contributed by atoms with van der Waals surface area (Å²) >= 11 is 0. The smallest absolute Gasteiger partial charge is 0.335 e. The molecular formula is C18H30O4Si. The molecule has 0 fully saturated rings. The minimum absolute atomic E-state index is 0.103. The fourth-order valence-electron chi connectivity index (χ4n) is 1.69. The third kappa shape index (κ3) is 6.09. The number of aliphatic hydroxyl groups is 1. The molecule has 1 aromatic carbocycles. The zero-order valence-corrected chi connectivity index (χ0v) is 16.1. The Morgan fingerprint density at radius 3 is 2.30 bits per heavy atom. The van der Waals surface area contributed by atoms with Gasteiger partial charge < -0.3 is 14.3 Å². The number of aliphatic hydroxyl groups excluding tert-OH is 1. The fraction of sp³-hybridized carbons (Fsp3) is 0.611. The molecule has 2 atom stereocenters. The molecule has 0 aromatic heterocycles.